The van der Waals surface area contributed by atoms with Crippen LogP contribution in [0.1, 0.15) is 19.4 Å². The Morgan fingerprint density at radius 3 is 2.47 bits per heavy atom. The molecule has 0 amide bonds. The Labute approximate surface area is 210 Å². The molecule has 4 aromatic rings. The number of aromatic nitrogens is 5. The zero-order valence-electron chi connectivity index (χ0n) is 20.5. The van der Waals surface area contributed by atoms with Crippen molar-refractivity contribution in [3.05, 3.63) is 72.7 Å². The van der Waals surface area contributed by atoms with Crippen LogP contribution in [0.5, 0.6) is 11.6 Å². The molecule has 1 aromatic carbocycles. The second kappa shape index (κ2) is 11.1. The van der Waals surface area contributed by atoms with E-state index < -0.39 is 0 Å². The van der Waals surface area contributed by atoms with Gasteiger partial charge in [0.05, 0.1) is 25.0 Å². The fourth-order valence-electron chi connectivity index (χ4n) is 4.17. The number of pyridine rings is 1. The van der Waals surface area contributed by atoms with Gasteiger partial charge in [-0.2, -0.15) is 9.97 Å². The van der Waals surface area contributed by atoms with Crippen LogP contribution >= 0.6 is 0 Å². The number of morpholine rings is 1. The van der Waals surface area contributed by atoms with Crippen LogP contribution in [0.3, 0.4) is 0 Å². The van der Waals surface area contributed by atoms with Crippen molar-refractivity contribution >= 4 is 17.6 Å². The lowest BCUT2D eigenvalue weighted by molar-refractivity contribution is 0.122. The van der Waals surface area contributed by atoms with Crippen LogP contribution < -0.4 is 14.5 Å². The summed E-state index contributed by atoms with van der Waals surface area (Å²) in [7, 11) is 0. The Morgan fingerprint density at radius 2 is 1.69 bits per heavy atom. The first kappa shape index (κ1) is 23.6. The summed E-state index contributed by atoms with van der Waals surface area (Å²) in [6.07, 6.45) is 5.95. The number of benzene rings is 1. The van der Waals surface area contributed by atoms with Crippen LogP contribution in [-0.2, 0) is 11.2 Å². The van der Waals surface area contributed by atoms with E-state index in [-0.39, 0.29) is 0 Å². The maximum Gasteiger partial charge on any atom is 0.230 e. The van der Waals surface area contributed by atoms with E-state index in [1.807, 2.05) is 62.4 Å². The van der Waals surface area contributed by atoms with Crippen molar-refractivity contribution < 1.29 is 9.47 Å². The number of hydrogen-bond donors (Lipinski definition) is 0. The van der Waals surface area contributed by atoms with E-state index in [4.69, 9.17) is 24.4 Å². The van der Waals surface area contributed by atoms with Crippen LogP contribution in [0.15, 0.2) is 67.1 Å². The van der Waals surface area contributed by atoms with E-state index in [1.54, 1.807) is 18.6 Å². The van der Waals surface area contributed by atoms with Gasteiger partial charge >= 0.3 is 0 Å². The first-order valence-corrected chi connectivity index (χ1v) is 12.3. The van der Waals surface area contributed by atoms with Crippen molar-refractivity contribution in [3.8, 4) is 23.0 Å². The molecule has 1 fully saturated rings. The largest absolute Gasteiger partial charge is 0.437 e. The first-order valence-electron chi connectivity index (χ1n) is 12.3. The van der Waals surface area contributed by atoms with Crippen molar-refractivity contribution in [3.63, 3.8) is 0 Å². The molecule has 0 spiro atoms. The highest BCUT2D eigenvalue weighted by molar-refractivity contribution is 5.69. The van der Waals surface area contributed by atoms with Crippen molar-refractivity contribution in [2.75, 3.05) is 42.6 Å². The lowest BCUT2D eigenvalue weighted by Gasteiger charge is -2.28. The summed E-state index contributed by atoms with van der Waals surface area (Å²) in [4.78, 5) is 27.5. The molecule has 0 aliphatic carbocycles. The number of ether oxygens (including phenoxy) is 2. The number of rotatable bonds is 5. The van der Waals surface area contributed by atoms with Crippen molar-refractivity contribution in [1.82, 2.24) is 24.9 Å². The molecule has 0 saturated carbocycles. The van der Waals surface area contributed by atoms with Gasteiger partial charge in [-0.1, -0.05) is 44.2 Å². The molecule has 3 aromatic heterocycles. The zero-order valence-corrected chi connectivity index (χ0v) is 20.5. The highest BCUT2D eigenvalue weighted by Gasteiger charge is 2.30. The monoisotopic (exact) mass is 483 g/mol. The standard InChI is InChI=1S/C25H23N7O2.C2H6/c1-2-5-18(6-3-1)22-27-11-8-21(28-22)32-12-9-20-23(32)29-25(31-13-15-33-16-14-31)30-24(20)34-19-7-4-10-26-17-19;1-2/h1-8,10-11,17H,9,12-16H2;1-2H3. The van der Waals surface area contributed by atoms with Gasteiger partial charge in [-0.3, -0.25) is 4.98 Å². The van der Waals surface area contributed by atoms with E-state index in [9.17, 15) is 0 Å². The summed E-state index contributed by atoms with van der Waals surface area (Å²) in [6.45, 7) is 7.49. The third-order valence-corrected chi connectivity index (χ3v) is 5.87. The lowest BCUT2D eigenvalue weighted by atomic mass is 10.2. The molecule has 5 heterocycles. The Bertz CT molecular complexity index is 1280. The number of anilines is 3. The Hall–Kier alpha value is -4.11. The minimum atomic E-state index is 0.555. The van der Waals surface area contributed by atoms with Gasteiger partial charge in [0.15, 0.2) is 5.82 Å². The highest BCUT2D eigenvalue weighted by atomic mass is 16.5. The van der Waals surface area contributed by atoms with E-state index in [1.165, 1.54) is 0 Å². The minimum Gasteiger partial charge on any atom is -0.437 e. The average Bonchev–Trinajstić information content (AvgIpc) is 3.40. The quantitative estimate of drug-likeness (QED) is 0.401. The van der Waals surface area contributed by atoms with Crippen molar-refractivity contribution in [2.45, 2.75) is 20.3 Å². The van der Waals surface area contributed by atoms with Gasteiger partial charge in [-0.25, -0.2) is 9.97 Å². The van der Waals surface area contributed by atoms with E-state index in [0.29, 0.717) is 36.6 Å². The van der Waals surface area contributed by atoms with Gasteiger partial charge in [0.25, 0.3) is 0 Å². The van der Waals surface area contributed by atoms with E-state index in [2.05, 4.69) is 19.8 Å². The molecule has 6 rings (SSSR count). The fourth-order valence-corrected chi connectivity index (χ4v) is 4.17. The fraction of sp³-hybridized carbons (Fsp3) is 0.296. The SMILES string of the molecule is CC.c1ccc(-c2nccc(N3CCc4c(Oc5cccnc5)nc(N5CCOCC5)nc43)n2)cc1. The first-order chi connectivity index (χ1) is 17.8. The molecule has 0 unspecified atom stereocenters. The maximum atomic E-state index is 6.20. The highest BCUT2D eigenvalue weighted by Crippen LogP contribution is 2.39. The Kier molecular flexibility index (Phi) is 7.28. The summed E-state index contributed by atoms with van der Waals surface area (Å²) >= 11 is 0. The van der Waals surface area contributed by atoms with Gasteiger partial charge < -0.3 is 19.3 Å². The molecule has 9 heteroatoms. The normalized spacial score (nSPS) is 14.6. The molecule has 9 nitrogen and oxygen atoms in total. The molecular formula is C27H29N7O2. The Morgan fingerprint density at radius 1 is 0.861 bits per heavy atom. The third-order valence-electron chi connectivity index (χ3n) is 5.87. The number of fused-ring (bicyclic) bond motifs is 1. The van der Waals surface area contributed by atoms with Crippen LogP contribution in [0, 0.1) is 0 Å². The van der Waals surface area contributed by atoms with Gasteiger partial charge in [0.2, 0.25) is 11.8 Å². The van der Waals surface area contributed by atoms with Gasteiger partial charge in [0, 0.05) is 37.6 Å². The second-order valence-corrected chi connectivity index (χ2v) is 8.03. The third kappa shape index (κ3) is 4.96. The summed E-state index contributed by atoms with van der Waals surface area (Å²) in [5.74, 6) is 4.12. The molecule has 0 atom stereocenters. The van der Waals surface area contributed by atoms with Crippen LogP contribution in [0.2, 0.25) is 0 Å². The molecule has 184 valence electrons. The summed E-state index contributed by atoms with van der Waals surface area (Å²) in [5, 5.41) is 0. The van der Waals surface area contributed by atoms with Crippen molar-refractivity contribution in [1.29, 1.82) is 0 Å². The molecule has 0 N–H and O–H groups in total. The van der Waals surface area contributed by atoms with Gasteiger partial charge in [-0.15, -0.1) is 0 Å². The zero-order chi connectivity index (χ0) is 24.7. The predicted molar refractivity (Wildman–Crippen MR) is 139 cm³/mol. The molecular weight excluding hydrogens is 454 g/mol. The van der Waals surface area contributed by atoms with Crippen LogP contribution in [-0.4, -0.2) is 57.8 Å². The molecule has 36 heavy (non-hydrogen) atoms. The summed E-state index contributed by atoms with van der Waals surface area (Å²) in [6, 6.07) is 15.6. The molecule has 2 aliphatic rings. The topological polar surface area (TPSA) is 89.4 Å². The summed E-state index contributed by atoms with van der Waals surface area (Å²) < 4.78 is 11.7. The van der Waals surface area contributed by atoms with Crippen LogP contribution in [0.4, 0.5) is 17.6 Å². The predicted octanol–water partition coefficient (Wildman–Crippen LogP) is 4.68. The molecule has 0 radical (unpaired) electrons. The number of nitrogens with zero attached hydrogens (tertiary/aromatic N) is 7. The minimum absolute atomic E-state index is 0.555. The van der Waals surface area contributed by atoms with E-state index in [0.717, 1.165) is 48.8 Å². The smallest absolute Gasteiger partial charge is 0.230 e. The second-order valence-electron chi connectivity index (χ2n) is 8.03. The van der Waals surface area contributed by atoms with Crippen LogP contribution in [0.25, 0.3) is 11.4 Å². The van der Waals surface area contributed by atoms with Gasteiger partial charge in [-0.05, 0) is 24.6 Å². The average molecular weight is 484 g/mol. The summed E-state index contributed by atoms with van der Waals surface area (Å²) in [5.41, 5.74) is 1.93. The lowest BCUT2D eigenvalue weighted by Crippen LogP contribution is -2.37. The molecule has 0 bridgehead atoms. The number of hydrogen-bond acceptors (Lipinski definition) is 9. The van der Waals surface area contributed by atoms with Crippen molar-refractivity contribution in [2.24, 2.45) is 0 Å². The molecule has 2 aliphatic heterocycles. The maximum absolute atomic E-state index is 6.20. The van der Waals surface area contributed by atoms with Gasteiger partial charge in [0.1, 0.15) is 17.4 Å². The molecule has 1 saturated heterocycles. The Balaban J connectivity index is 0.00000130. The van der Waals surface area contributed by atoms with E-state index >= 15 is 0 Å².